The lowest BCUT2D eigenvalue weighted by Gasteiger charge is -2.12. The molecule has 0 aliphatic heterocycles. The van der Waals surface area contributed by atoms with E-state index in [9.17, 15) is 9.59 Å². The number of amides is 2. The number of hydrogen-bond donors (Lipinski definition) is 3. The number of aromatic nitrogens is 3. The van der Waals surface area contributed by atoms with Crippen LogP contribution >= 0.6 is 15.9 Å². The Labute approximate surface area is 187 Å². The molecule has 0 aliphatic rings. The summed E-state index contributed by atoms with van der Waals surface area (Å²) >= 11 is 3.38. The summed E-state index contributed by atoms with van der Waals surface area (Å²) in [5.41, 5.74) is 2.62. The summed E-state index contributed by atoms with van der Waals surface area (Å²) in [6, 6.07) is 21.2. The third-order valence-corrected chi connectivity index (χ3v) is 5.21. The number of H-pyrrole nitrogens is 1. The van der Waals surface area contributed by atoms with E-state index in [2.05, 4.69) is 41.7 Å². The van der Waals surface area contributed by atoms with Gasteiger partial charge >= 0.3 is 0 Å². The summed E-state index contributed by atoms with van der Waals surface area (Å²) in [7, 11) is 0. The Morgan fingerprint density at radius 2 is 1.58 bits per heavy atom. The highest BCUT2D eigenvalue weighted by molar-refractivity contribution is 9.10. The first-order valence-electron chi connectivity index (χ1n) is 9.47. The first-order chi connectivity index (χ1) is 15.0. The Bertz CT molecular complexity index is 1270. The van der Waals surface area contributed by atoms with E-state index >= 15 is 0 Å². The summed E-state index contributed by atoms with van der Waals surface area (Å²) < 4.78 is 0.675. The molecule has 2 amide bonds. The van der Waals surface area contributed by atoms with Crippen LogP contribution in [0.5, 0.6) is 0 Å². The van der Waals surface area contributed by atoms with Crippen LogP contribution in [0.25, 0.3) is 11.4 Å². The predicted octanol–water partition coefficient (Wildman–Crippen LogP) is 5.05. The third-order valence-electron chi connectivity index (χ3n) is 4.51. The second-order valence-electron chi connectivity index (χ2n) is 6.76. The molecule has 1 aromatic heterocycles. The molecule has 0 saturated heterocycles. The van der Waals surface area contributed by atoms with E-state index in [4.69, 9.17) is 0 Å². The zero-order chi connectivity index (χ0) is 21.8. The van der Waals surface area contributed by atoms with E-state index in [0.717, 1.165) is 5.56 Å². The standard InChI is InChI=1S/C23H18BrN5O2/c1-14-25-21(29-28-14)15-7-6-8-16(13-15)26-23(31)18-10-3-5-12-20(18)27-22(30)17-9-2-4-11-19(17)24/h2-13H,1H3,(H,26,31)(H,27,30)(H,25,28,29). The first kappa shape index (κ1) is 20.5. The second-order valence-corrected chi connectivity index (χ2v) is 7.61. The van der Waals surface area contributed by atoms with Crippen LogP contribution in [0.2, 0.25) is 0 Å². The van der Waals surface area contributed by atoms with Crippen molar-refractivity contribution < 1.29 is 9.59 Å². The fourth-order valence-corrected chi connectivity index (χ4v) is 3.50. The van der Waals surface area contributed by atoms with Crippen molar-refractivity contribution in [2.45, 2.75) is 6.92 Å². The number of carbonyl (C=O) groups excluding carboxylic acids is 2. The highest BCUT2D eigenvalue weighted by Gasteiger charge is 2.16. The maximum absolute atomic E-state index is 13.0. The number of hydrogen-bond acceptors (Lipinski definition) is 4. The minimum absolute atomic E-state index is 0.310. The number of benzene rings is 3. The predicted molar refractivity (Wildman–Crippen MR) is 123 cm³/mol. The van der Waals surface area contributed by atoms with Crippen molar-refractivity contribution in [1.29, 1.82) is 0 Å². The largest absolute Gasteiger partial charge is 0.322 e. The van der Waals surface area contributed by atoms with Gasteiger partial charge in [0.15, 0.2) is 5.82 Å². The van der Waals surface area contributed by atoms with Gasteiger partial charge in [-0.1, -0.05) is 36.4 Å². The van der Waals surface area contributed by atoms with Gasteiger partial charge in [0, 0.05) is 15.7 Å². The molecule has 0 radical (unpaired) electrons. The van der Waals surface area contributed by atoms with E-state index in [0.29, 0.717) is 38.6 Å². The Morgan fingerprint density at radius 3 is 2.32 bits per heavy atom. The Morgan fingerprint density at radius 1 is 0.871 bits per heavy atom. The molecule has 0 atom stereocenters. The number of halogens is 1. The van der Waals surface area contributed by atoms with Crippen molar-refractivity contribution >= 4 is 39.1 Å². The molecular weight excluding hydrogens is 458 g/mol. The van der Waals surface area contributed by atoms with Crippen LogP contribution in [0.15, 0.2) is 77.3 Å². The molecule has 154 valence electrons. The highest BCUT2D eigenvalue weighted by Crippen LogP contribution is 2.23. The van der Waals surface area contributed by atoms with Gasteiger partial charge in [-0.05, 0) is 59.3 Å². The Kier molecular flexibility index (Phi) is 5.90. The van der Waals surface area contributed by atoms with E-state index in [1.807, 2.05) is 25.1 Å². The quantitative estimate of drug-likeness (QED) is 0.376. The normalized spacial score (nSPS) is 10.5. The summed E-state index contributed by atoms with van der Waals surface area (Å²) in [5.74, 6) is 0.606. The zero-order valence-electron chi connectivity index (χ0n) is 16.5. The number of aryl methyl sites for hydroxylation is 1. The highest BCUT2D eigenvalue weighted by atomic mass is 79.9. The minimum Gasteiger partial charge on any atom is -0.322 e. The molecule has 4 rings (SSSR count). The van der Waals surface area contributed by atoms with Gasteiger partial charge in [0.1, 0.15) is 5.82 Å². The average molecular weight is 476 g/mol. The number of anilines is 2. The molecule has 0 aliphatic carbocycles. The van der Waals surface area contributed by atoms with Crippen molar-refractivity contribution in [3.63, 3.8) is 0 Å². The topological polar surface area (TPSA) is 99.8 Å². The monoisotopic (exact) mass is 475 g/mol. The van der Waals surface area contributed by atoms with Crippen LogP contribution in [0.3, 0.4) is 0 Å². The summed E-state index contributed by atoms with van der Waals surface area (Å²) in [6.07, 6.45) is 0. The van der Waals surface area contributed by atoms with Gasteiger partial charge in [0.25, 0.3) is 11.8 Å². The van der Waals surface area contributed by atoms with Crippen LogP contribution in [0.1, 0.15) is 26.5 Å². The number of nitrogens with zero attached hydrogens (tertiary/aromatic N) is 2. The smallest absolute Gasteiger partial charge is 0.257 e. The summed E-state index contributed by atoms with van der Waals surface area (Å²) in [4.78, 5) is 30.0. The van der Waals surface area contributed by atoms with Gasteiger partial charge in [-0.2, -0.15) is 5.10 Å². The Balaban J connectivity index is 1.55. The zero-order valence-corrected chi connectivity index (χ0v) is 18.1. The van der Waals surface area contributed by atoms with Crippen molar-refractivity contribution in [2.24, 2.45) is 0 Å². The molecule has 0 fully saturated rings. The molecule has 0 saturated carbocycles. The maximum Gasteiger partial charge on any atom is 0.257 e. The van der Waals surface area contributed by atoms with Crippen LogP contribution in [-0.4, -0.2) is 27.0 Å². The van der Waals surface area contributed by atoms with Crippen LogP contribution in [0, 0.1) is 6.92 Å². The Hall–Kier alpha value is -3.78. The van der Waals surface area contributed by atoms with Crippen molar-refractivity contribution in [2.75, 3.05) is 10.6 Å². The summed E-state index contributed by atoms with van der Waals surface area (Å²) in [5, 5.41) is 12.6. The van der Waals surface area contributed by atoms with Gasteiger partial charge in [-0.3, -0.25) is 14.7 Å². The molecular formula is C23H18BrN5O2. The maximum atomic E-state index is 13.0. The summed E-state index contributed by atoms with van der Waals surface area (Å²) in [6.45, 7) is 1.82. The fraction of sp³-hybridized carbons (Fsp3) is 0.0435. The van der Waals surface area contributed by atoms with E-state index in [-0.39, 0.29) is 11.8 Å². The molecule has 1 heterocycles. The van der Waals surface area contributed by atoms with Crippen LogP contribution in [0.4, 0.5) is 11.4 Å². The second kappa shape index (κ2) is 8.93. The molecule has 0 bridgehead atoms. The minimum atomic E-state index is -0.341. The van der Waals surface area contributed by atoms with Gasteiger partial charge in [-0.25, -0.2) is 4.98 Å². The number of para-hydroxylation sites is 1. The third kappa shape index (κ3) is 4.70. The number of aromatic amines is 1. The molecule has 0 unspecified atom stereocenters. The van der Waals surface area contributed by atoms with Gasteiger partial charge < -0.3 is 10.6 Å². The van der Waals surface area contributed by atoms with E-state index in [1.165, 1.54) is 0 Å². The van der Waals surface area contributed by atoms with E-state index < -0.39 is 0 Å². The van der Waals surface area contributed by atoms with Crippen molar-refractivity contribution in [3.05, 3.63) is 94.2 Å². The molecule has 31 heavy (non-hydrogen) atoms. The molecule has 0 spiro atoms. The number of nitrogens with one attached hydrogen (secondary N) is 3. The lowest BCUT2D eigenvalue weighted by Crippen LogP contribution is -2.18. The first-order valence-corrected chi connectivity index (χ1v) is 10.3. The average Bonchev–Trinajstić information content (AvgIpc) is 3.21. The molecule has 3 aromatic carbocycles. The van der Waals surface area contributed by atoms with Gasteiger partial charge in [-0.15, -0.1) is 0 Å². The lowest BCUT2D eigenvalue weighted by atomic mass is 10.1. The molecule has 4 aromatic rings. The lowest BCUT2D eigenvalue weighted by molar-refractivity contribution is 0.102. The fourth-order valence-electron chi connectivity index (χ4n) is 3.03. The molecule has 7 nitrogen and oxygen atoms in total. The molecule has 3 N–H and O–H groups in total. The van der Waals surface area contributed by atoms with Crippen LogP contribution in [-0.2, 0) is 0 Å². The number of carbonyl (C=O) groups is 2. The molecule has 8 heteroatoms. The van der Waals surface area contributed by atoms with Crippen molar-refractivity contribution in [1.82, 2.24) is 15.2 Å². The van der Waals surface area contributed by atoms with Crippen molar-refractivity contribution in [3.8, 4) is 11.4 Å². The SMILES string of the molecule is Cc1nc(-c2cccc(NC(=O)c3ccccc3NC(=O)c3ccccc3Br)c2)n[nH]1. The van der Waals surface area contributed by atoms with E-state index in [1.54, 1.807) is 54.6 Å². The number of rotatable bonds is 5. The van der Waals surface area contributed by atoms with Gasteiger partial charge in [0.05, 0.1) is 16.8 Å². The van der Waals surface area contributed by atoms with Crippen LogP contribution < -0.4 is 10.6 Å². The van der Waals surface area contributed by atoms with Gasteiger partial charge in [0.2, 0.25) is 0 Å².